The number of nitrogens with one attached hydrogen (secondary N) is 1. The fourth-order valence-corrected chi connectivity index (χ4v) is 2.46. The molecule has 0 amide bonds. The Balaban J connectivity index is 1.64. The summed E-state index contributed by atoms with van der Waals surface area (Å²) < 4.78 is 11.4. The fraction of sp³-hybridized carbons (Fsp3) is 1.00. The van der Waals surface area contributed by atoms with Crippen molar-refractivity contribution in [2.24, 2.45) is 0 Å². The predicted molar refractivity (Wildman–Crippen MR) is 63.7 cm³/mol. The smallest absolute Gasteiger partial charge is 0.0826 e. The van der Waals surface area contributed by atoms with E-state index in [4.69, 9.17) is 9.47 Å². The second kappa shape index (κ2) is 6.55. The van der Waals surface area contributed by atoms with Gasteiger partial charge in [0.15, 0.2) is 0 Å². The molecule has 0 bridgehead atoms. The number of hydrogen-bond acceptors (Lipinski definition) is 4. The first-order valence-corrected chi connectivity index (χ1v) is 6.47. The van der Waals surface area contributed by atoms with Gasteiger partial charge in [0.1, 0.15) is 0 Å². The van der Waals surface area contributed by atoms with E-state index in [0.29, 0.717) is 12.2 Å². The molecule has 0 spiro atoms. The third-order valence-corrected chi connectivity index (χ3v) is 3.31. The molecule has 2 rings (SSSR count). The van der Waals surface area contributed by atoms with E-state index in [1.807, 2.05) is 0 Å². The lowest BCUT2D eigenvalue weighted by molar-refractivity contribution is -0.0237. The minimum Gasteiger partial charge on any atom is -0.377 e. The lowest BCUT2D eigenvalue weighted by Crippen LogP contribution is -2.46. The summed E-state index contributed by atoms with van der Waals surface area (Å²) in [5.74, 6) is 0. The van der Waals surface area contributed by atoms with E-state index >= 15 is 0 Å². The zero-order valence-electron chi connectivity index (χ0n) is 10.3. The first-order valence-electron chi connectivity index (χ1n) is 6.47. The molecule has 2 atom stereocenters. The number of likely N-dealkylation sites (N-methyl/N-ethyl adjacent to an activating group) is 1. The lowest BCUT2D eigenvalue weighted by atomic mass is 10.1. The highest BCUT2D eigenvalue weighted by Gasteiger charge is 2.19. The Morgan fingerprint density at radius 2 is 1.94 bits per heavy atom. The quantitative estimate of drug-likeness (QED) is 0.758. The Labute approximate surface area is 98.3 Å². The van der Waals surface area contributed by atoms with E-state index in [9.17, 15) is 0 Å². The van der Waals surface area contributed by atoms with Gasteiger partial charge >= 0.3 is 0 Å². The van der Waals surface area contributed by atoms with E-state index in [2.05, 4.69) is 17.3 Å². The Morgan fingerprint density at radius 1 is 1.12 bits per heavy atom. The number of hydrogen-bond donors (Lipinski definition) is 1. The summed E-state index contributed by atoms with van der Waals surface area (Å²) in [6, 6.07) is 0. The van der Waals surface area contributed by atoms with Crippen molar-refractivity contribution < 1.29 is 9.47 Å². The van der Waals surface area contributed by atoms with Crippen molar-refractivity contribution in [1.82, 2.24) is 10.2 Å². The normalized spacial score (nSPS) is 31.9. The van der Waals surface area contributed by atoms with E-state index in [1.165, 1.54) is 19.3 Å². The Hall–Kier alpha value is -0.160. The molecular formula is C12H24N2O2. The van der Waals surface area contributed by atoms with Crippen LogP contribution in [0.1, 0.15) is 19.3 Å². The molecule has 0 radical (unpaired) electrons. The predicted octanol–water partition coefficient (Wildman–Crippen LogP) is 0.476. The van der Waals surface area contributed by atoms with Gasteiger partial charge in [-0.25, -0.2) is 0 Å². The van der Waals surface area contributed by atoms with Gasteiger partial charge in [-0.15, -0.1) is 0 Å². The second-order valence-electron chi connectivity index (χ2n) is 4.91. The van der Waals surface area contributed by atoms with Crippen molar-refractivity contribution in [2.45, 2.75) is 31.5 Å². The SMILES string of the molecule is CN(CC1CCCCO1)CC1CNCCO1. The highest BCUT2D eigenvalue weighted by molar-refractivity contribution is 4.73. The number of rotatable bonds is 4. The molecule has 4 heteroatoms. The van der Waals surface area contributed by atoms with Crippen molar-refractivity contribution in [3.63, 3.8) is 0 Å². The third-order valence-electron chi connectivity index (χ3n) is 3.31. The summed E-state index contributed by atoms with van der Waals surface area (Å²) in [7, 11) is 2.16. The molecule has 2 fully saturated rings. The molecule has 1 N–H and O–H groups in total. The van der Waals surface area contributed by atoms with Gasteiger partial charge < -0.3 is 19.7 Å². The van der Waals surface area contributed by atoms with Crippen molar-refractivity contribution in [3.8, 4) is 0 Å². The maximum Gasteiger partial charge on any atom is 0.0826 e. The molecule has 4 nitrogen and oxygen atoms in total. The van der Waals surface area contributed by atoms with Gasteiger partial charge in [0.25, 0.3) is 0 Å². The molecule has 2 saturated heterocycles. The minimum atomic E-state index is 0.349. The van der Waals surface area contributed by atoms with Crippen molar-refractivity contribution in [2.75, 3.05) is 46.4 Å². The van der Waals surface area contributed by atoms with Gasteiger partial charge in [0.05, 0.1) is 18.8 Å². The monoisotopic (exact) mass is 228 g/mol. The number of nitrogens with zero attached hydrogens (tertiary/aromatic N) is 1. The molecule has 2 unspecified atom stereocenters. The van der Waals surface area contributed by atoms with Gasteiger partial charge in [0, 0.05) is 32.8 Å². The molecule has 16 heavy (non-hydrogen) atoms. The fourth-order valence-electron chi connectivity index (χ4n) is 2.46. The maximum atomic E-state index is 5.74. The summed E-state index contributed by atoms with van der Waals surface area (Å²) in [5, 5.41) is 3.36. The first-order chi connectivity index (χ1) is 7.84. The van der Waals surface area contributed by atoms with Crippen LogP contribution in [0, 0.1) is 0 Å². The van der Waals surface area contributed by atoms with Gasteiger partial charge in [-0.3, -0.25) is 0 Å². The summed E-state index contributed by atoms with van der Waals surface area (Å²) in [6.07, 6.45) is 4.56. The molecule has 94 valence electrons. The van der Waals surface area contributed by atoms with Crippen LogP contribution in [-0.2, 0) is 9.47 Å². The van der Waals surface area contributed by atoms with E-state index in [1.54, 1.807) is 0 Å². The Bertz CT molecular complexity index is 169. The van der Waals surface area contributed by atoms with Crippen LogP contribution in [0.4, 0.5) is 0 Å². The standard InChI is InChI=1S/C12H24N2O2/c1-14(9-11-4-2-3-6-15-11)10-12-8-13-5-7-16-12/h11-13H,2-10H2,1H3. The van der Waals surface area contributed by atoms with E-state index in [0.717, 1.165) is 39.4 Å². The molecule has 2 heterocycles. The average molecular weight is 228 g/mol. The molecule has 0 aromatic rings. The lowest BCUT2D eigenvalue weighted by Gasteiger charge is -2.31. The Morgan fingerprint density at radius 3 is 2.62 bits per heavy atom. The Kier molecular flexibility index (Phi) is 5.03. The maximum absolute atomic E-state index is 5.74. The van der Waals surface area contributed by atoms with Gasteiger partial charge in [-0.1, -0.05) is 0 Å². The van der Waals surface area contributed by atoms with Crippen molar-refractivity contribution in [1.29, 1.82) is 0 Å². The topological polar surface area (TPSA) is 33.7 Å². The van der Waals surface area contributed by atoms with Crippen LogP contribution >= 0.6 is 0 Å². The highest BCUT2D eigenvalue weighted by atomic mass is 16.5. The minimum absolute atomic E-state index is 0.349. The van der Waals surface area contributed by atoms with Crippen LogP contribution in [0.5, 0.6) is 0 Å². The van der Waals surface area contributed by atoms with Crippen LogP contribution in [0.2, 0.25) is 0 Å². The molecular weight excluding hydrogens is 204 g/mol. The third kappa shape index (κ3) is 4.01. The first kappa shape index (κ1) is 12.3. The molecule has 0 aromatic carbocycles. The summed E-state index contributed by atoms with van der Waals surface area (Å²) >= 11 is 0. The number of ether oxygens (including phenoxy) is 2. The van der Waals surface area contributed by atoms with E-state index < -0.39 is 0 Å². The number of morpholine rings is 1. The van der Waals surface area contributed by atoms with Gasteiger partial charge in [0.2, 0.25) is 0 Å². The van der Waals surface area contributed by atoms with Crippen molar-refractivity contribution in [3.05, 3.63) is 0 Å². The second-order valence-corrected chi connectivity index (χ2v) is 4.91. The highest BCUT2D eigenvalue weighted by Crippen LogP contribution is 2.13. The molecule has 0 aliphatic carbocycles. The van der Waals surface area contributed by atoms with Crippen LogP contribution < -0.4 is 5.32 Å². The zero-order chi connectivity index (χ0) is 11.2. The molecule has 0 aromatic heterocycles. The van der Waals surface area contributed by atoms with Crippen LogP contribution in [-0.4, -0.2) is 63.5 Å². The van der Waals surface area contributed by atoms with Crippen LogP contribution in [0.15, 0.2) is 0 Å². The largest absolute Gasteiger partial charge is 0.377 e. The summed E-state index contributed by atoms with van der Waals surface area (Å²) in [4.78, 5) is 2.34. The molecule has 2 aliphatic heterocycles. The van der Waals surface area contributed by atoms with Crippen LogP contribution in [0.25, 0.3) is 0 Å². The summed E-state index contributed by atoms with van der Waals surface area (Å²) in [5.41, 5.74) is 0. The zero-order valence-corrected chi connectivity index (χ0v) is 10.3. The molecule has 0 saturated carbocycles. The molecule has 2 aliphatic rings. The van der Waals surface area contributed by atoms with Gasteiger partial charge in [-0.2, -0.15) is 0 Å². The average Bonchev–Trinajstić information content (AvgIpc) is 2.31. The van der Waals surface area contributed by atoms with Gasteiger partial charge in [-0.05, 0) is 26.3 Å². The van der Waals surface area contributed by atoms with Crippen molar-refractivity contribution >= 4 is 0 Å². The van der Waals surface area contributed by atoms with E-state index in [-0.39, 0.29) is 0 Å². The van der Waals surface area contributed by atoms with Crippen LogP contribution in [0.3, 0.4) is 0 Å². The summed E-state index contributed by atoms with van der Waals surface area (Å²) in [6.45, 7) is 5.81.